The molecular formula is C13H20N2O3. The number of esters is 1. The van der Waals surface area contributed by atoms with Crippen LogP contribution in [0.3, 0.4) is 0 Å². The lowest BCUT2D eigenvalue weighted by Crippen LogP contribution is -2.24. The molecule has 5 nitrogen and oxygen atoms in total. The van der Waals surface area contributed by atoms with Crippen LogP contribution in [0.4, 0.5) is 5.82 Å². The minimum Gasteiger partial charge on any atom is -0.462 e. The zero-order valence-electron chi connectivity index (χ0n) is 11.1. The molecule has 18 heavy (non-hydrogen) atoms. The van der Waals surface area contributed by atoms with E-state index in [0.717, 1.165) is 12.2 Å². The van der Waals surface area contributed by atoms with E-state index in [1.807, 2.05) is 0 Å². The molecule has 100 valence electrons. The van der Waals surface area contributed by atoms with Crippen LogP contribution in [0, 0.1) is 0 Å². The minimum atomic E-state index is -0.347. The lowest BCUT2D eigenvalue weighted by Gasteiger charge is -2.16. The maximum absolute atomic E-state index is 11.4. The summed E-state index contributed by atoms with van der Waals surface area (Å²) in [4.78, 5) is 15.6. The van der Waals surface area contributed by atoms with Crippen molar-refractivity contribution in [2.24, 2.45) is 0 Å². The average Bonchev–Trinajstić information content (AvgIpc) is 2.39. The van der Waals surface area contributed by atoms with Gasteiger partial charge in [0, 0.05) is 13.3 Å². The number of hydrogen-bond acceptors (Lipinski definition) is 5. The molecule has 1 aromatic rings. The predicted molar refractivity (Wildman–Crippen MR) is 69.8 cm³/mol. The van der Waals surface area contributed by atoms with E-state index in [0.29, 0.717) is 18.8 Å². The van der Waals surface area contributed by atoms with Gasteiger partial charge in [-0.05, 0) is 25.5 Å². The van der Waals surface area contributed by atoms with Crippen LogP contribution in [-0.2, 0) is 9.47 Å². The first kappa shape index (κ1) is 14.4. The topological polar surface area (TPSA) is 60.5 Å². The van der Waals surface area contributed by atoms with E-state index < -0.39 is 0 Å². The van der Waals surface area contributed by atoms with Crippen LogP contribution in [0.15, 0.2) is 18.3 Å². The summed E-state index contributed by atoms with van der Waals surface area (Å²) in [6, 6.07) is 3.69. The molecule has 0 fully saturated rings. The quantitative estimate of drug-likeness (QED) is 0.753. The van der Waals surface area contributed by atoms with E-state index in [9.17, 15) is 4.79 Å². The van der Waals surface area contributed by atoms with Crippen LogP contribution in [0.25, 0.3) is 0 Å². The maximum Gasteiger partial charge on any atom is 0.339 e. The number of nitrogens with one attached hydrogen (secondary N) is 1. The molecule has 1 N–H and O–H groups in total. The van der Waals surface area contributed by atoms with E-state index in [4.69, 9.17) is 9.47 Å². The molecule has 0 bridgehead atoms. The van der Waals surface area contributed by atoms with Crippen molar-refractivity contribution in [2.75, 3.05) is 25.6 Å². The van der Waals surface area contributed by atoms with Crippen LogP contribution < -0.4 is 5.32 Å². The summed E-state index contributed by atoms with van der Waals surface area (Å²) >= 11 is 0. The fourth-order valence-corrected chi connectivity index (χ4v) is 1.49. The Labute approximate surface area is 108 Å². The number of nitrogens with zero attached hydrogens (tertiary/aromatic N) is 1. The Bertz CT molecular complexity index is 365. The first-order chi connectivity index (χ1) is 8.71. The van der Waals surface area contributed by atoms with Gasteiger partial charge in [0.25, 0.3) is 0 Å². The van der Waals surface area contributed by atoms with Gasteiger partial charge in [0.05, 0.1) is 24.8 Å². The van der Waals surface area contributed by atoms with Crippen molar-refractivity contribution >= 4 is 11.8 Å². The fourth-order valence-electron chi connectivity index (χ4n) is 1.49. The summed E-state index contributed by atoms with van der Waals surface area (Å²) in [5.41, 5.74) is 0.460. The van der Waals surface area contributed by atoms with Crippen molar-refractivity contribution in [3.8, 4) is 0 Å². The van der Waals surface area contributed by atoms with Gasteiger partial charge in [0.15, 0.2) is 0 Å². The summed E-state index contributed by atoms with van der Waals surface area (Å²) in [6.07, 6.45) is 2.45. The molecule has 1 heterocycles. The van der Waals surface area contributed by atoms with Gasteiger partial charge in [0.1, 0.15) is 5.82 Å². The number of methoxy groups -OCH3 is 1. The van der Waals surface area contributed by atoms with Gasteiger partial charge < -0.3 is 14.8 Å². The highest BCUT2D eigenvalue weighted by Crippen LogP contribution is 2.09. The minimum absolute atomic E-state index is 0.218. The van der Waals surface area contributed by atoms with E-state index in [1.165, 1.54) is 6.20 Å². The van der Waals surface area contributed by atoms with Gasteiger partial charge in [-0.1, -0.05) is 6.92 Å². The molecular weight excluding hydrogens is 232 g/mol. The van der Waals surface area contributed by atoms with E-state index in [2.05, 4.69) is 17.2 Å². The normalized spacial score (nSPS) is 11.9. The molecule has 5 heteroatoms. The number of pyridine rings is 1. The summed E-state index contributed by atoms with van der Waals surface area (Å²) in [6.45, 7) is 4.84. The first-order valence-corrected chi connectivity index (χ1v) is 6.09. The molecule has 0 aliphatic rings. The van der Waals surface area contributed by atoms with E-state index in [1.54, 1.807) is 26.2 Å². The zero-order valence-corrected chi connectivity index (χ0v) is 11.1. The number of ether oxygens (including phenoxy) is 2. The third kappa shape index (κ3) is 4.33. The van der Waals surface area contributed by atoms with Crippen LogP contribution in [-0.4, -0.2) is 37.3 Å². The average molecular weight is 252 g/mol. The second-order valence-corrected chi connectivity index (χ2v) is 3.86. The second kappa shape index (κ2) is 7.66. The third-order valence-electron chi connectivity index (χ3n) is 2.49. The molecule has 0 saturated carbocycles. The van der Waals surface area contributed by atoms with Crippen molar-refractivity contribution in [3.05, 3.63) is 23.9 Å². The van der Waals surface area contributed by atoms with Crippen LogP contribution in [0.5, 0.6) is 0 Å². The van der Waals surface area contributed by atoms with Gasteiger partial charge in [-0.2, -0.15) is 0 Å². The lowest BCUT2D eigenvalue weighted by molar-refractivity contribution is 0.0526. The van der Waals surface area contributed by atoms with Gasteiger partial charge in [-0.15, -0.1) is 0 Å². The van der Waals surface area contributed by atoms with E-state index in [-0.39, 0.29) is 12.0 Å². The Morgan fingerprint density at radius 1 is 1.44 bits per heavy atom. The van der Waals surface area contributed by atoms with Crippen molar-refractivity contribution < 1.29 is 14.3 Å². The van der Waals surface area contributed by atoms with E-state index >= 15 is 0 Å². The lowest BCUT2D eigenvalue weighted by atomic mass is 10.2. The number of anilines is 1. The first-order valence-electron chi connectivity index (χ1n) is 6.09. The van der Waals surface area contributed by atoms with Gasteiger partial charge in [-0.3, -0.25) is 0 Å². The number of rotatable bonds is 7. The summed E-state index contributed by atoms with van der Waals surface area (Å²) in [5.74, 6) is 0.382. The number of carbonyl (C=O) groups excluding carboxylic acids is 1. The Morgan fingerprint density at radius 2 is 2.22 bits per heavy atom. The molecule has 1 unspecified atom stereocenters. The molecule has 0 aromatic carbocycles. The molecule has 0 aliphatic heterocycles. The van der Waals surface area contributed by atoms with Gasteiger partial charge in [-0.25, -0.2) is 9.78 Å². The van der Waals surface area contributed by atoms with Crippen molar-refractivity contribution in [3.63, 3.8) is 0 Å². The second-order valence-electron chi connectivity index (χ2n) is 3.86. The monoisotopic (exact) mass is 252 g/mol. The van der Waals surface area contributed by atoms with Gasteiger partial charge >= 0.3 is 5.97 Å². The number of aromatic nitrogens is 1. The predicted octanol–water partition coefficient (Wildman–Crippen LogP) is 2.10. The molecule has 1 aromatic heterocycles. The summed E-state index contributed by atoms with van der Waals surface area (Å²) in [5, 5.41) is 3.24. The van der Waals surface area contributed by atoms with Crippen molar-refractivity contribution in [2.45, 2.75) is 26.3 Å². The maximum atomic E-state index is 11.4. The summed E-state index contributed by atoms with van der Waals surface area (Å²) in [7, 11) is 1.67. The summed E-state index contributed by atoms with van der Waals surface area (Å²) < 4.78 is 9.99. The smallest absolute Gasteiger partial charge is 0.339 e. The molecule has 0 saturated heterocycles. The van der Waals surface area contributed by atoms with Gasteiger partial charge in [0.2, 0.25) is 0 Å². The molecule has 0 spiro atoms. The highest BCUT2D eigenvalue weighted by molar-refractivity contribution is 5.89. The van der Waals surface area contributed by atoms with Crippen LogP contribution >= 0.6 is 0 Å². The highest BCUT2D eigenvalue weighted by Gasteiger charge is 2.09. The number of hydrogen-bond donors (Lipinski definition) is 1. The Kier molecular flexibility index (Phi) is 6.14. The molecule has 0 aliphatic carbocycles. The molecule has 0 radical (unpaired) electrons. The Morgan fingerprint density at radius 3 is 2.72 bits per heavy atom. The Hall–Kier alpha value is -1.62. The fraction of sp³-hybridized carbons (Fsp3) is 0.538. The highest BCUT2D eigenvalue weighted by atomic mass is 16.5. The SMILES string of the molecule is CCOC(=O)c1ccc(NC(CC)COC)nc1. The Balaban J connectivity index is 2.62. The molecule has 1 rings (SSSR count). The molecule has 0 amide bonds. The number of carbonyl (C=O) groups is 1. The van der Waals surface area contributed by atoms with Crippen LogP contribution in [0.2, 0.25) is 0 Å². The standard InChI is InChI=1S/C13H20N2O3/c1-4-11(9-17-3)15-12-7-6-10(8-14-12)13(16)18-5-2/h6-8,11H,4-5,9H2,1-3H3,(H,14,15). The van der Waals surface area contributed by atoms with Crippen molar-refractivity contribution in [1.82, 2.24) is 4.98 Å². The zero-order chi connectivity index (χ0) is 13.4. The van der Waals surface area contributed by atoms with Crippen molar-refractivity contribution in [1.29, 1.82) is 0 Å². The largest absolute Gasteiger partial charge is 0.462 e. The third-order valence-corrected chi connectivity index (χ3v) is 2.49. The molecule has 1 atom stereocenters. The van der Waals surface area contributed by atoms with Crippen LogP contribution in [0.1, 0.15) is 30.6 Å².